The van der Waals surface area contributed by atoms with Gasteiger partial charge in [-0.2, -0.15) is 0 Å². The molecular formula is C14H27NO. The highest BCUT2D eigenvalue weighted by Crippen LogP contribution is 2.30. The summed E-state index contributed by atoms with van der Waals surface area (Å²) in [5.74, 6) is 0.669. The van der Waals surface area contributed by atoms with Crippen molar-refractivity contribution in [3.8, 4) is 0 Å². The van der Waals surface area contributed by atoms with Crippen molar-refractivity contribution < 1.29 is 4.74 Å². The van der Waals surface area contributed by atoms with Crippen molar-refractivity contribution in [1.29, 1.82) is 0 Å². The van der Waals surface area contributed by atoms with Gasteiger partial charge in [-0.15, -0.1) is 6.58 Å². The van der Waals surface area contributed by atoms with Crippen molar-refractivity contribution in [3.63, 3.8) is 0 Å². The highest BCUT2D eigenvalue weighted by Gasteiger charge is 2.28. The molecule has 1 saturated carbocycles. The summed E-state index contributed by atoms with van der Waals surface area (Å²) in [5.41, 5.74) is 7.41. The van der Waals surface area contributed by atoms with E-state index in [2.05, 4.69) is 13.5 Å². The lowest BCUT2D eigenvalue weighted by molar-refractivity contribution is -0.00908. The standard InChI is InChI=1S/C14H27NO/c1-4-16-14(13(15)10-11(2)3)12-8-6-5-7-9-12/h12-14H,2,4-10,15H2,1,3H3. The Morgan fingerprint density at radius 3 is 2.50 bits per heavy atom. The summed E-state index contributed by atoms with van der Waals surface area (Å²) in [7, 11) is 0. The van der Waals surface area contributed by atoms with E-state index < -0.39 is 0 Å². The fraction of sp³-hybridized carbons (Fsp3) is 0.857. The molecule has 0 amide bonds. The van der Waals surface area contributed by atoms with E-state index in [-0.39, 0.29) is 12.1 Å². The Hall–Kier alpha value is -0.340. The van der Waals surface area contributed by atoms with Crippen molar-refractivity contribution in [1.82, 2.24) is 0 Å². The van der Waals surface area contributed by atoms with Crippen LogP contribution in [0.15, 0.2) is 12.2 Å². The summed E-state index contributed by atoms with van der Waals surface area (Å²) >= 11 is 0. The first-order valence-corrected chi connectivity index (χ1v) is 6.66. The largest absolute Gasteiger partial charge is 0.377 e. The number of rotatable bonds is 6. The minimum absolute atomic E-state index is 0.126. The minimum Gasteiger partial charge on any atom is -0.377 e. The van der Waals surface area contributed by atoms with Crippen molar-refractivity contribution in [2.75, 3.05) is 6.61 Å². The van der Waals surface area contributed by atoms with Gasteiger partial charge >= 0.3 is 0 Å². The molecule has 2 N–H and O–H groups in total. The third-order valence-electron chi connectivity index (χ3n) is 3.48. The van der Waals surface area contributed by atoms with E-state index in [1.807, 2.05) is 6.92 Å². The molecule has 16 heavy (non-hydrogen) atoms. The van der Waals surface area contributed by atoms with Gasteiger partial charge in [0.05, 0.1) is 6.10 Å². The van der Waals surface area contributed by atoms with E-state index >= 15 is 0 Å². The summed E-state index contributed by atoms with van der Waals surface area (Å²) in [4.78, 5) is 0. The summed E-state index contributed by atoms with van der Waals surface area (Å²) < 4.78 is 5.88. The summed E-state index contributed by atoms with van der Waals surface area (Å²) in [6.45, 7) is 8.82. The Balaban J connectivity index is 2.53. The number of ether oxygens (including phenoxy) is 1. The molecule has 94 valence electrons. The molecule has 2 nitrogen and oxygen atoms in total. The predicted molar refractivity (Wildman–Crippen MR) is 69.4 cm³/mol. The first-order chi connectivity index (χ1) is 7.65. The van der Waals surface area contributed by atoms with Crippen LogP contribution in [0.1, 0.15) is 52.4 Å². The maximum absolute atomic E-state index is 6.25. The Morgan fingerprint density at radius 2 is 2.00 bits per heavy atom. The first-order valence-electron chi connectivity index (χ1n) is 6.66. The van der Waals surface area contributed by atoms with Gasteiger partial charge in [-0.25, -0.2) is 0 Å². The van der Waals surface area contributed by atoms with Gasteiger partial charge in [-0.3, -0.25) is 0 Å². The lowest BCUT2D eigenvalue weighted by Crippen LogP contribution is -2.43. The van der Waals surface area contributed by atoms with Crippen LogP contribution in [0.4, 0.5) is 0 Å². The monoisotopic (exact) mass is 225 g/mol. The van der Waals surface area contributed by atoms with Crippen LogP contribution in [-0.2, 0) is 4.74 Å². The molecule has 0 bridgehead atoms. The van der Waals surface area contributed by atoms with Crippen LogP contribution in [-0.4, -0.2) is 18.8 Å². The minimum atomic E-state index is 0.126. The fourth-order valence-corrected chi connectivity index (χ4v) is 2.78. The van der Waals surface area contributed by atoms with E-state index in [0.717, 1.165) is 18.6 Å². The predicted octanol–water partition coefficient (Wildman–Crippen LogP) is 3.27. The van der Waals surface area contributed by atoms with Crippen LogP contribution in [0.2, 0.25) is 0 Å². The quantitative estimate of drug-likeness (QED) is 0.704. The molecule has 1 aliphatic carbocycles. The SMILES string of the molecule is C=C(C)CC(N)C(OCC)C1CCCCC1. The van der Waals surface area contributed by atoms with Gasteiger partial charge in [0, 0.05) is 12.6 Å². The summed E-state index contributed by atoms with van der Waals surface area (Å²) in [5, 5.41) is 0. The van der Waals surface area contributed by atoms with Gasteiger partial charge < -0.3 is 10.5 Å². The molecule has 0 heterocycles. The number of nitrogens with two attached hydrogens (primary N) is 1. The van der Waals surface area contributed by atoms with E-state index in [9.17, 15) is 0 Å². The van der Waals surface area contributed by atoms with Crippen LogP contribution in [0.3, 0.4) is 0 Å². The van der Waals surface area contributed by atoms with Gasteiger partial charge in [0.15, 0.2) is 0 Å². The van der Waals surface area contributed by atoms with Gasteiger partial charge in [0.1, 0.15) is 0 Å². The highest BCUT2D eigenvalue weighted by molar-refractivity contribution is 4.96. The first kappa shape index (κ1) is 13.7. The van der Waals surface area contributed by atoms with Crippen LogP contribution in [0.25, 0.3) is 0 Å². The molecule has 0 aromatic carbocycles. The zero-order valence-corrected chi connectivity index (χ0v) is 10.9. The molecule has 1 aliphatic rings. The molecule has 2 atom stereocenters. The Kier molecular flexibility index (Phi) is 6.07. The normalized spacial score (nSPS) is 21.7. The van der Waals surface area contributed by atoms with Crippen LogP contribution in [0.5, 0.6) is 0 Å². The third kappa shape index (κ3) is 4.26. The fourth-order valence-electron chi connectivity index (χ4n) is 2.78. The molecule has 0 aromatic rings. The Morgan fingerprint density at radius 1 is 1.38 bits per heavy atom. The van der Waals surface area contributed by atoms with Crippen LogP contribution < -0.4 is 5.73 Å². The second-order valence-corrected chi connectivity index (χ2v) is 5.14. The molecule has 0 spiro atoms. The lowest BCUT2D eigenvalue weighted by atomic mass is 9.81. The molecular weight excluding hydrogens is 198 g/mol. The molecule has 0 saturated heterocycles. The molecule has 0 radical (unpaired) electrons. The van der Waals surface area contributed by atoms with E-state index in [1.165, 1.54) is 32.1 Å². The molecule has 0 aromatic heterocycles. The Bertz CT molecular complexity index is 209. The van der Waals surface area contributed by atoms with Crippen molar-refractivity contribution in [2.45, 2.75) is 64.5 Å². The molecule has 0 aliphatic heterocycles. The van der Waals surface area contributed by atoms with Crippen molar-refractivity contribution in [2.24, 2.45) is 11.7 Å². The van der Waals surface area contributed by atoms with Gasteiger partial charge in [-0.1, -0.05) is 24.8 Å². The van der Waals surface area contributed by atoms with Crippen molar-refractivity contribution >= 4 is 0 Å². The zero-order chi connectivity index (χ0) is 12.0. The van der Waals surface area contributed by atoms with Crippen LogP contribution in [0, 0.1) is 5.92 Å². The average molecular weight is 225 g/mol. The number of hydrogen-bond acceptors (Lipinski definition) is 2. The third-order valence-corrected chi connectivity index (χ3v) is 3.48. The molecule has 2 heteroatoms. The Labute approximate surface area is 100 Å². The van der Waals surface area contributed by atoms with E-state index in [4.69, 9.17) is 10.5 Å². The van der Waals surface area contributed by atoms with Crippen LogP contribution >= 0.6 is 0 Å². The molecule has 2 unspecified atom stereocenters. The topological polar surface area (TPSA) is 35.2 Å². The summed E-state index contributed by atoms with van der Waals surface area (Å²) in [6, 6.07) is 0.126. The second kappa shape index (κ2) is 7.08. The van der Waals surface area contributed by atoms with E-state index in [0.29, 0.717) is 5.92 Å². The van der Waals surface area contributed by atoms with Gasteiger partial charge in [-0.05, 0) is 39.0 Å². The maximum Gasteiger partial charge on any atom is 0.0756 e. The zero-order valence-electron chi connectivity index (χ0n) is 10.9. The highest BCUT2D eigenvalue weighted by atomic mass is 16.5. The molecule has 1 rings (SSSR count). The van der Waals surface area contributed by atoms with Gasteiger partial charge in [0.2, 0.25) is 0 Å². The molecule has 1 fully saturated rings. The second-order valence-electron chi connectivity index (χ2n) is 5.14. The average Bonchev–Trinajstić information content (AvgIpc) is 2.26. The van der Waals surface area contributed by atoms with E-state index in [1.54, 1.807) is 0 Å². The smallest absolute Gasteiger partial charge is 0.0756 e. The van der Waals surface area contributed by atoms with Gasteiger partial charge in [0.25, 0.3) is 0 Å². The lowest BCUT2D eigenvalue weighted by Gasteiger charge is -2.34. The number of hydrogen-bond donors (Lipinski definition) is 1. The maximum atomic E-state index is 6.25. The van der Waals surface area contributed by atoms with Crippen molar-refractivity contribution in [3.05, 3.63) is 12.2 Å². The summed E-state index contributed by atoms with van der Waals surface area (Å²) in [6.07, 6.45) is 7.76.